The van der Waals surface area contributed by atoms with E-state index in [1.807, 2.05) is 0 Å². The van der Waals surface area contributed by atoms with Crippen molar-refractivity contribution in [3.05, 3.63) is 69.9 Å². The second kappa shape index (κ2) is 8.78. The number of carbonyl (C=O) groups excluding carboxylic acids is 1. The minimum absolute atomic E-state index is 0.0760. The van der Waals surface area contributed by atoms with Gasteiger partial charge in [0.25, 0.3) is 11.6 Å². The fourth-order valence-corrected chi connectivity index (χ4v) is 4.84. The molecule has 2 aromatic carbocycles. The van der Waals surface area contributed by atoms with Crippen molar-refractivity contribution in [3.8, 4) is 5.75 Å². The van der Waals surface area contributed by atoms with E-state index in [-0.39, 0.29) is 19.9 Å². The quantitative estimate of drug-likeness (QED) is 0.411. The fourth-order valence-electron chi connectivity index (χ4n) is 2.28. The number of carbonyl (C=O) groups is 1. The molecule has 0 fully saturated rings. The molecule has 0 spiro atoms. The Kier molecular flexibility index (Phi) is 6.34. The molecule has 1 unspecified atom stereocenters. The Morgan fingerprint density at radius 2 is 1.83 bits per heavy atom. The number of sulfone groups is 1. The number of halogens is 1. The summed E-state index contributed by atoms with van der Waals surface area (Å²) in [5.74, 6) is -0.0683. The van der Waals surface area contributed by atoms with Crippen LogP contribution in [0.25, 0.3) is 0 Å². The molecule has 0 saturated carbocycles. The number of nitrogens with zero attached hydrogens (tertiary/aromatic N) is 2. The molecule has 1 amide bonds. The Balaban J connectivity index is 1.69. The van der Waals surface area contributed by atoms with Crippen molar-refractivity contribution < 1.29 is 22.9 Å². The van der Waals surface area contributed by atoms with E-state index in [0.29, 0.717) is 10.8 Å². The second-order valence-corrected chi connectivity index (χ2v) is 9.59. The summed E-state index contributed by atoms with van der Waals surface area (Å²) in [6, 6.07) is 11.0. The number of aromatic nitrogens is 1. The fraction of sp³-hybridized carbons (Fsp3) is 0.111. The predicted octanol–water partition coefficient (Wildman–Crippen LogP) is 3.94. The monoisotopic (exact) mass is 467 g/mol. The molecule has 1 N–H and O–H groups in total. The largest absolute Gasteiger partial charge is 0.481 e. The van der Waals surface area contributed by atoms with E-state index in [0.717, 1.165) is 41.8 Å². The van der Waals surface area contributed by atoms with Crippen LogP contribution in [-0.2, 0) is 14.6 Å². The number of amides is 1. The lowest BCUT2D eigenvalue weighted by Gasteiger charge is -2.13. The first-order valence-corrected chi connectivity index (χ1v) is 11.0. The number of hydrogen-bond acceptors (Lipinski definition) is 8. The van der Waals surface area contributed by atoms with Gasteiger partial charge < -0.3 is 4.74 Å². The van der Waals surface area contributed by atoms with E-state index in [1.165, 1.54) is 6.92 Å². The SMILES string of the molecule is CC(Oc1ccc(Cl)cc1)C(=O)Nc1ncc(S(=O)(=O)c2ccc([N+](=O)[O-])cc2)s1. The van der Waals surface area contributed by atoms with Crippen molar-refractivity contribution in [2.45, 2.75) is 22.1 Å². The molecule has 1 atom stereocenters. The van der Waals surface area contributed by atoms with Gasteiger partial charge >= 0.3 is 0 Å². The first-order valence-electron chi connectivity index (χ1n) is 8.35. The normalized spacial score (nSPS) is 12.2. The average molecular weight is 468 g/mol. The average Bonchev–Trinajstić information content (AvgIpc) is 3.19. The van der Waals surface area contributed by atoms with Crippen LogP contribution in [0.2, 0.25) is 5.02 Å². The smallest absolute Gasteiger partial charge is 0.269 e. The summed E-state index contributed by atoms with van der Waals surface area (Å²) in [5, 5.41) is 13.8. The van der Waals surface area contributed by atoms with Gasteiger partial charge in [-0.1, -0.05) is 22.9 Å². The van der Waals surface area contributed by atoms with Crippen LogP contribution in [0, 0.1) is 10.1 Å². The van der Waals surface area contributed by atoms with Gasteiger partial charge in [-0.2, -0.15) is 0 Å². The van der Waals surface area contributed by atoms with Crippen molar-refractivity contribution in [1.29, 1.82) is 0 Å². The van der Waals surface area contributed by atoms with Crippen LogP contribution in [0.15, 0.2) is 63.8 Å². The van der Waals surface area contributed by atoms with Crippen LogP contribution < -0.4 is 10.1 Å². The molecule has 1 heterocycles. The summed E-state index contributed by atoms with van der Waals surface area (Å²) in [6.45, 7) is 1.53. The van der Waals surface area contributed by atoms with Gasteiger partial charge in [0.05, 0.1) is 16.0 Å². The summed E-state index contributed by atoms with van der Waals surface area (Å²) in [6.07, 6.45) is 0.242. The van der Waals surface area contributed by atoms with Crippen LogP contribution in [-0.4, -0.2) is 30.3 Å². The van der Waals surface area contributed by atoms with Crippen LogP contribution in [0.4, 0.5) is 10.8 Å². The molecule has 3 rings (SSSR count). The Morgan fingerprint density at radius 1 is 1.20 bits per heavy atom. The molecule has 9 nitrogen and oxygen atoms in total. The highest BCUT2D eigenvalue weighted by atomic mass is 35.5. The van der Waals surface area contributed by atoms with Gasteiger partial charge in [-0.25, -0.2) is 13.4 Å². The predicted molar refractivity (Wildman–Crippen MR) is 111 cm³/mol. The van der Waals surface area contributed by atoms with Crippen LogP contribution >= 0.6 is 22.9 Å². The molecule has 0 aliphatic rings. The summed E-state index contributed by atoms with van der Waals surface area (Å²) in [5.41, 5.74) is -0.221. The van der Waals surface area contributed by atoms with Gasteiger partial charge in [-0.15, -0.1) is 0 Å². The molecule has 0 saturated heterocycles. The van der Waals surface area contributed by atoms with Gasteiger partial charge in [0.1, 0.15) is 9.96 Å². The van der Waals surface area contributed by atoms with Crippen molar-refractivity contribution in [1.82, 2.24) is 4.98 Å². The van der Waals surface area contributed by atoms with Crippen LogP contribution in [0.5, 0.6) is 5.75 Å². The van der Waals surface area contributed by atoms with Gasteiger partial charge in [0, 0.05) is 17.2 Å². The minimum Gasteiger partial charge on any atom is -0.481 e. The number of rotatable bonds is 7. The van der Waals surface area contributed by atoms with Gasteiger partial charge in [-0.05, 0) is 43.3 Å². The Bertz CT molecular complexity index is 1180. The van der Waals surface area contributed by atoms with Crippen molar-refractivity contribution in [2.75, 3.05) is 5.32 Å². The highest BCUT2D eigenvalue weighted by Crippen LogP contribution is 2.29. The molecule has 0 aliphatic heterocycles. The molecule has 1 aromatic heterocycles. The number of thiazole rings is 1. The number of ether oxygens (including phenoxy) is 1. The first-order chi connectivity index (χ1) is 14.2. The van der Waals surface area contributed by atoms with Gasteiger partial charge in [0.15, 0.2) is 11.2 Å². The van der Waals surface area contributed by atoms with Crippen molar-refractivity contribution >= 4 is 49.5 Å². The maximum Gasteiger partial charge on any atom is 0.269 e. The summed E-state index contributed by atoms with van der Waals surface area (Å²) < 4.78 is 30.7. The van der Waals surface area contributed by atoms with E-state index in [4.69, 9.17) is 16.3 Å². The molecule has 30 heavy (non-hydrogen) atoms. The summed E-state index contributed by atoms with van der Waals surface area (Å²) in [7, 11) is -3.93. The molecular formula is C18H14ClN3O6S2. The van der Waals surface area contributed by atoms with E-state index in [1.54, 1.807) is 24.3 Å². The highest BCUT2D eigenvalue weighted by Gasteiger charge is 2.23. The van der Waals surface area contributed by atoms with Crippen LogP contribution in [0.3, 0.4) is 0 Å². The van der Waals surface area contributed by atoms with Gasteiger partial charge in [-0.3, -0.25) is 20.2 Å². The maximum absolute atomic E-state index is 12.7. The molecule has 0 aliphatic carbocycles. The molecular weight excluding hydrogens is 454 g/mol. The standard InChI is InChI=1S/C18H14ClN3O6S2/c1-11(28-14-6-2-12(19)3-7-14)17(23)21-18-20-10-16(29-18)30(26,27)15-8-4-13(5-9-15)22(24)25/h2-11H,1H3,(H,20,21,23). The maximum atomic E-state index is 12.7. The topological polar surface area (TPSA) is 128 Å². The third-order valence-electron chi connectivity index (χ3n) is 3.83. The van der Waals surface area contributed by atoms with E-state index >= 15 is 0 Å². The lowest BCUT2D eigenvalue weighted by molar-refractivity contribution is -0.384. The second-order valence-electron chi connectivity index (χ2n) is 5.94. The van der Waals surface area contributed by atoms with Crippen LogP contribution in [0.1, 0.15) is 6.92 Å². The molecule has 156 valence electrons. The first kappa shape index (κ1) is 21.7. The van der Waals surface area contributed by atoms with Crippen molar-refractivity contribution in [3.63, 3.8) is 0 Å². The third-order valence-corrected chi connectivity index (χ3v) is 7.23. The zero-order valence-corrected chi connectivity index (χ0v) is 17.7. The van der Waals surface area contributed by atoms with E-state index < -0.39 is 26.8 Å². The lowest BCUT2D eigenvalue weighted by atomic mass is 10.3. The molecule has 3 aromatic rings. The number of non-ortho nitro benzene ring substituents is 1. The van der Waals surface area contributed by atoms with E-state index in [2.05, 4.69) is 10.3 Å². The third kappa shape index (κ3) is 4.93. The Hall–Kier alpha value is -3.02. The van der Waals surface area contributed by atoms with Crippen molar-refractivity contribution in [2.24, 2.45) is 0 Å². The molecule has 0 bridgehead atoms. The Labute approximate surface area is 180 Å². The lowest BCUT2D eigenvalue weighted by Crippen LogP contribution is -2.30. The number of nitrogens with one attached hydrogen (secondary N) is 1. The van der Waals surface area contributed by atoms with Gasteiger partial charge in [0.2, 0.25) is 9.84 Å². The molecule has 0 radical (unpaired) electrons. The molecule has 12 heteroatoms. The number of nitro groups is 1. The summed E-state index contributed by atoms with van der Waals surface area (Å²) >= 11 is 6.56. The Morgan fingerprint density at radius 3 is 2.43 bits per heavy atom. The van der Waals surface area contributed by atoms with E-state index in [9.17, 15) is 23.3 Å². The number of anilines is 1. The number of hydrogen-bond donors (Lipinski definition) is 1. The minimum atomic E-state index is -3.93. The number of nitro benzene ring substituents is 1. The summed E-state index contributed by atoms with van der Waals surface area (Å²) in [4.78, 5) is 26.2. The highest BCUT2D eigenvalue weighted by molar-refractivity contribution is 7.93. The zero-order chi connectivity index (χ0) is 21.9. The number of benzene rings is 2. The zero-order valence-electron chi connectivity index (χ0n) is 15.3.